The molecule has 0 saturated heterocycles. The maximum atomic E-state index is 12.1. The number of carbonyl (C=O) groups is 1. The zero-order chi connectivity index (χ0) is 18.7. The van der Waals surface area contributed by atoms with Crippen LogP contribution in [0.4, 0.5) is 10.8 Å². The number of ether oxygens (including phenoxy) is 1. The molecule has 7 nitrogen and oxygen atoms in total. The third-order valence-electron chi connectivity index (χ3n) is 3.62. The van der Waals surface area contributed by atoms with Crippen LogP contribution in [0, 0.1) is 6.92 Å². The molecule has 3 aromatic rings. The summed E-state index contributed by atoms with van der Waals surface area (Å²) < 4.78 is 10.5. The first-order valence-corrected chi connectivity index (χ1v) is 9.10. The normalized spacial score (nSPS) is 11.0. The average Bonchev–Trinajstić information content (AvgIpc) is 3.24. The van der Waals surface area contributed by atoms with Crippen molar-refractivity contribution in [3.63, 3.8) is 0 Å². The molecule has 1 amide bonds. The molecule has 0 spiro atoms. The Labute approximate surface area is 155 Å². The standard InChI is InChI=1S/C18H20N4O3S/c1-11(2)16-20-18(25-21-16)24-9-14-10-26-17(19-14)22(13(4)23)15-7-5-12(3)6-8-15/h5-8,10-11H,9H2,1-4H3. The number of hydrogen-bond acceptors (Lipinski definition) is 7. The Bertz CT molecular complexity index is 886. The molecule has 0 fully saturated rings. The van der Waals surface area contributed by atoms with Gasteiger partial charge in [0.1, 0.15) is 6.61 Å². The number of anilines is 2. The van der Waals surface area contributed by atoms with E-state index < -0.39 is 0 Å². The van der Waals surface area contributed by atoms with E-state index in [-0.39, 0.29) is 24.5 Å². The van der Waals surface area contributed by atoms with Crippen molar-refractivity contribution in [2.75, 3.05) is 4.90 Å². The van der Waals surface area contributed by atoms with Crippen LogP contribution in [0.1, 0.15) is 43.8 Å². The Morgan fingerprint density at radius 3 is 2.62 bits per heavy atom. The molecule has 8 heteroatoms. The third-order valence-corrected chi connectivity index (χ3v) is 4.50. The largest absolute Gasteiger partial charge is 0.442 e. The molecule has 1 aromatic carbocycles. The van der Waals surface area contributed by atoms with Crippen LogP contribution >= 0.6 is 11.3 Å². The van der Waals surface area contributed by atoms with Gasteiger partial charge in [-0.15, -0.1) is 11.3 Å². The van der Waals surface area contributed by atoms with Crippen molar-refractivity contribution in [1.29, 1.82) is 0 Å². The second-order valence-electron chi connectivity index (χ2n) is 6.17. The van der Waals surface area contributed by atoms with Crippen LogP contribution in [0.2, 0.25) is 0 Å². The van der Waals surface area contributed by atoms with E-state index in [1.54, 1.807) is 4.90 Å². The molecule has 2 aromatic heterocycles. The Hall–Kier alpha value is -2.74. The lowest BCUT2D eigenvalue weighted by molar-refractivity contribution is -0.115. The quantitative estimate of drug-likeness (QED) is 0.644. The number of amides is 1. The van der Waals surface area contributed by atoms with Gasteiger partial charge < -0.3 is 4.74 Å². The zero-order valence-corrected chi connectivity index (χ0v) is 15.9. The Balaban J connectivity index is 1.72. The van der Waals surface area contributed by atoms with Crippen LogP contribution in [0.25, 0.3) is 0 Å². The summed E-state index contributed by atoms with van der Waals surface area (Å²) in [5, 5.41) is 6.29. The molecule has 0 N–H and O–H groups in total. The molecular weight excluding hydrogens is 352 g/mol. The molecular formula is C18H20N4O3S. The summed E-state index contributed by atoms with van der Waals surface area (Å²) in [4.78, 5) is 22.4. The Kier molecular flexibility index (Phi) is 5.32. The van der Waals surface area contributed by atoms with E-state index in [4.69, 9.17) is 9.26 Å². The molecule has 3 rings (SSSR count). The third kappa shape index (κ3) is 4.08. The lowest BCUT2D eigenvalue weighted by Gasteiger charge is -2.18. The summed E-state index contributed by atoms with van der Waals surface area (Å²) in [5.74, 6) is 0.663. The fraction of sp³-hybridized carbons (Fsp3) is 0.333. The fourth-order valence-electron chi connectivity index (χ4n) is 2.24. The van der Waals surface area contributed by atoms with Crippen LogP contribution in [0.5, 0.6) is 6.08 Å². The van der Waals surface area contributed by atoms with Crippen LogP contribution in [-0.4, -0.2) is 21.0 Å². The van der Waals surface area contributed by atoms with Gasteiger partial charge >= 0.3 is 6.08 Å². The van der Waals surface area contributed by atoms with E-state index in [1.807, 2.05) is 50.4 Å². The van der Waals surface area contributed by atoms with Crippen LogP contribution < -0.4 is 9.64 Å². The molecule has 26 heavy (non-hydrogen) atoms. The summed E-state index contributed by atoms with van der Waals surface area (Å²) in [5.41, 5.74) is 2.60. The minimum absolute atomic E-state index is 0.103. The van der Waals surface area contributed by atoms with Crippen molar-refractivity contribution < 1.29 is 14.1 Å². The molecule has 0 aliphatic carbocycles. The SMILES string of the molecule is CC(=O)N(c1ccc(C)cc1)c1nc(COc2nc(C(C)C)no2)cs1. The number of rotatable bonds is 6. The number of thiazole rings is 1. The molecule has 0 bridgehead atoms. The molecule has 0 aliphatic rings. The van der Waals surface area contributed by atoms with E-state index in [0.29, 0.717) is 16.6 Å². The van der Waals surface area contributed by atoms with Crippen LogP contribution in [0.3, 0.4) is 0 Å². The van der Waals surface area contributed by atoms with Crippen LogP contribution in [0.15, 0.2) is 34.2 Å². The molecule has 0 unspecified atom stereocenters. The minimum atomic E-state index is -0.103. The summed E-state index contributed by atoms with van der Waals surface area (Å²) in [7, 11) is 0. The van der Waals surface area contributed by atoms with E-state index in [2.05, 4.69) is 15.1 Å². The first kappa shape index (κ1) is 18.1. The van der Waals surface area contributed by atoms with Gasteiger partial charge in [-0.05, 0) is 19.1 Å². The minimum Gasteiger partial charge on any atom is -0.442 e. The summed E-state index contributed by atoms with van der Waals surface area (Å²) >= 11 is 1.38. The lowest BCUT2D eigenvalue weighted by atomic mass is 10.2. The van der Waals surface area contributed by atoms with E-state index in [0.717, 1.165) is 11.3 Å². The van der Waals surface area contributed by atoms with Crippen molar-refractivity contribution in [2.45, 2.75) is 40.2 Å². The van der Waals surface area contributed by atoms with Crippen molar-refractivity contribution in [3.05, 3.63) is 46.7 Å². The van der Waals surface area contributed by atoms with E-state index >= 15 is 0 Å². The van der Waals surface area contributed by atoms with Gasteiger partial charge in [-0.3, -0.25) is 14.2 Å². The van der Waals surface area contributed by atoms with Gasteiger partial charge in [0.2, 0.25) is 5.91 Å². The van der Waals surface area contributed by atoms with Gasteiger partial charge in [0, 0.05) is 18.2 Å². The molecule has 136 valence electrons. The first-order chi connectivity index (χ1) is 12.4. The number of nitrogens with zero attached hydrogens (tertiary/aromatic N) is 4. The van der Waals surface area contributed by atoms with E-state index in [9.17, 15) is 4.79 Å². The maximum absolute atomic E-state index is 12.1. The predicted octanol–water partition coefficient (Wildman–Crippen LogP) is 4.22. The Morgan fingerprint density at radius 2 is 2.00 bits per heavy atom. The number of carbonyl (C=O) groups excluding carboxylic acids is 1. The van der Waals surface area contributed by atoms with Gasteiger partial charge in [0.25, 0.3) is 0 Å². The topological polar surface area (TPSA) is 81.4 Å². The number of hydrogen-bond donors (Lipinski definition) is 0. The molecule has 2 heterocycles. The highest BCUT2D eigenvalue weighted by molar-refractivity contribution is 7.14. The fourth-order valence-corrected chi connectivity index (χ4v) is 3.11. The van der Waals surface area contributed by atoms with Crippen molar-refractivity contribution in [1.82, 2.24) is 15.1 Å². The second-order valence-corrected chi connectivity index (χ2v) is 7.01. The second kappa shape index (κ2) is 7.65. The highest BCUT2D eigenvalue weighted by atomic mass is 32.1. The van der Waals surface area contributed by atoms with Crippen molar-refractivity contribution in [2.24, 2.45) is 0 Å². The predicted molar refractivity (Wildman–Crippen MR) is 98.8 cm³/mol. The lowest BCUT2D eigenvalue weighted by Crippen LogP contribution is -2.22. The van der Waals surface area contributed by atoms with E-state index in [1.165, 1.54) is 18.3 Å². The van der Waals surface area contributed by atoms with Gasteiger partial charge in [-0.25, -0.2) is 4.98 Å². The van der Waals surface area contributed by atoms with Crippen molar-refractivity contribution in [3.8, 4) is 6.08 Å². The van der Waals surface area contributed by atoms with Crippen LogP contribution in [-0.2, 0) is 11.4 Å². The number of benzene rings is 1. The maximum Gasteiger partial charge on any atom is 0.417 e. The zero-order valence-electron chi connectivity index (χ0n) is 15.1. The summed E-state index contributed by atoms with van der Waals surface area (Å²) in [6.07, 6.45) is 0.116. The summed E-state index contributed by atoms with van der Waals surface area (Å²) in [6.45, 7) is 7.66. The Morgan fingerprint density at radius 1 is 1.27 bits per heavy atom. The summed E-state index contributed by atoms with van der Waals surface area (Å²) in [6, 6.07) is 7.73. The molecule has 0 aliphatic heterocycles. The monoisotopic (exact) mass is 372 g/mol. The van der Waals surface area contributed by atoms with Gasteiger partial charge in [0.05, 0.1) is 11.4 Å². The van der Waals surface area contributed by atoms with Gasteiger partial charge in [0.15, 0.2) is 11.0 Å². The van der Waals surface area contributed by atoms with Crippen molar-refractivity contribution >= 4 is 28.1 Å². The smallest absolute Gasteiger partial charge is 0.417 e. The number of aromatic nitrogens is 3. The van der Waals surface area contributed by atoms with Gasteiger partial charge in [-0.2, -0.15) is 4.98 Å². The highest BCUT2D eigenvalue weighted by Crippen LogP contribution is 2.29. The van der Waals surface area contributed by atoms with Gasteiger partial charge in [-0.1, -0.05) is 36.7 Å². The average molecular weight is 372 g/mol. The highest BCUT2D eigenvalue weighted by Gasteiger charge is 2.18. The first-order valence-electron chi connectivity index (χ1n) is 8.22. The molecule has 0 saturated carbocycles. The molecule has 0 radical (unpaired) electrons. The number of aryl methyl sites for hydroxylation is 1. The molecule has 0 atom stereocenters.